The maximum atomic E-state index is 12.5. The van der Waals surface area contributed by atoms with Gasteiger partial charge < -0.3 is 9.47 Å². The quantitative estimate of drug-likeness (QED) is 0.628. The van der Waals surface area contributed by atoms with E-state index in [0.717, 1.165) is 10.9 Å². The zero-order valence-corrected chi connectivity index (χ0v) is 12.8. The Balaban J connectivity index is 0.00000220. The minimum atomic E-state index is 0. The third-order valence-corrected chi connectivity index (χ3v) is 4.01. The molecule has 0 aliphatic heterocycles. The molecule has 0 amide bonds. The topological polar surface area (TPSA) is 35.5 Å². The molecule has 21 heavy (non-hydrogen) atoms. The van der Waals surface area contributed by atoms with Gasteiger partial charge in [-0.3, -0.25) is 4.79 Å². The number of hydrogen-bond donors (Lipinski definition) is 0. The van der Waals surface area contributed by atoms with E-state index in [1.807, 2.05) is 49.4 Å². The molecule has 0 heterocycles. The van der Waals surface area contributed by atoms with Crippen LogP contribution in [0.4, 0.5) is 0 Å². The van der Waals surface area contributed by atoms with Gasteiger partial charge in [0, 0.05) is 0 Å². The fourth-order valence-corrected chi connectivity index (χ4v) is 2.97. The van der Waals surface area contributed by atoms with Crippen molar-refractivity contribution in [3.05, 3.63) is 53.6 Å². The van der Waals surface area contributed by atoms with E-state index in [0.29, 0.717) is 17.1 Å². The Kier molecular flexibility index (Phi) is 6.98. The molecule has 2 aromatic rings. The van der Waals surface area contributed by atoms with E-state index >= 15 is 0 Å². The third-order valence-electron chi connectivity index (χ3n) is 2.91. The number of aryl methyl sites for hydroxylation is 1. The van der Waals surface area contributed by atoms with Crippen LogP contribution in [0.2, 0.25) is 0 Å². The normalized spacial score (nSPS) is 10.2. The molecule has 0 aliphatic rings. The van der Waals surface area contributed by atoms with E-state index in [-0.39, 0.29) is 33.0 Å². The molecule has 0 saturated carbocycles. The van der Waals surface area contributed by atoms with Crippen molar-refractivity contribution in [1.82, 2.24) is 0 Å². The first-order valence-electron chi connectivity index (χ1n) is 6.24. The Morgan fingerprint density at radius 3 is 2.00 bits per heavy atom. The Morgan fingerprint density at radius 2 is 1.52 bits per heavy atom. The predicted molar refractivity (Wildman–Crippen MR) is 90.2 cm³/mol. The predicted octanol–water partition coefficient (Wildman–Crippen LogP) is 2.51. The number of carbonyl (C=O) groups is 1. The van der Waals surface area contributed by atoms with Crippen LogP contribution in [0.15, 0.2) is 42.5 Å². The van der Waals surface area contributed by atoms with Crippen molar-refractivity contribution in [3.63, 3.8) is 0 Å². The Labute approximate surface area is 139 Å². The zero-order chi connectivity index (χ0) is 14.5. The number of rotatable bonds is 5. The number of methoxy groups -OCH3 is 2. The van der Waals surface area contributed by atoms with Gasteiger partial charge in [0.15, 0.2) is 5.52 Å². The van der Waals surface area contributed by atoms with E-state index in [1.165, 1.54) is 0 Å². The van der Waals surface area contributed by atoms with Gasteiger partial charge in [0.1, 0.15) is 17.1 Å². The van der Waals surface area contributed by atoms with Crippen LogP contribution in [0, 0.1) is 6.92 Å². The average Bonchev–Trinajstić information content (AvgIpc) is 2.46. The van der Waals surface area contributed by atoms with Gasteiger partial charge in [0.05, 0.1) is 14.2 Å². The SMILES string of the molecule is COc1cc(C)cc(OC)c1C(=O)Pc1ccccc1.[LiH]. The second-order valence-electron chi connectivity index (χ2n) is 4.36. The first kappa shape index (κ1) is 17.8. The fraction of sp³-hybridized carbons (Fsp3) is 0.188. The Hall–Kier alpha value is -1.26. The summed E-state index contributed by atoms with van der Waals surface area (Å²) in [5, 5.41) is 1.00. The van der Waals surface area contributed by atoms with Crippen molar-refractivity contribution in [2.45, 2.75) is 6.92 Å². The average molecular weight is 296 g/mol. The van der Waals surface area contributed by atoms with Gasteiger partial charge >= 0.3 is 18.9 Å². The van der Waals surface area contributed by atoms with Crippen LogP contribution in [-0.4, -0.2) is 38.6 Å². The van der Waals surface area contributed by atoms with Crippen molar-refractivity contribution >= 4 is 38.3 Å². The molecule has 1 unspecified atom stereocenters. The number of carbonyl (C=O) groups excluding carboxylic acids is 1. The molecular formula is C16H18LiO3P. The molecule has 0 spiro atoms. The van der Waals surface area contributed by atoms with E-state index in [9.17, 15) is 4.79 Å². The summed E-state index contributed by atoms with van der Waals surface area (Å²) in [5.41, 5.74) is 1.53. The molecule has 0 fully saturated rings. The molecular weight excluding hydrogens is 278 g/mol. The van der Waals surface area contributed by atoms with Crippen LogP contribution < -0.4 is 14.8 Å². The molecule has 2 aromatic carbocycles. The van der Waals surface area contributed by atoms with Crippen LogP contribution in [0.3, 0.4) is 0 Å². The van der Waals surface area contributed by atoms with Gasteiger partial charge in [-0.2, -0.15) is 0 Å². The molecule has 5 heteroatoms. The molecule has 3 nitrogen and oxygen atoms in total. The van der Waals surface area contributed by atoms with Gasteiger partial charge in [0.2, 0.25) is 0 Å². The fourth-order valence-electron chi connectivity index (χ4n) is 1.98. The van der Waals surface area contributed by atoms with Crippen LogP contribution >= 0.6 is 8.58 Å². The molecule has 0 radical (unpaired) electrons. The monoisotopic (exact) mass is 296 g/mol. The third kappa shape index (κ3) is 4.35. The first-order chi connectivity index (χ1) is 9.65. The standard InChI is InChI=1S/C16H17O3P.Li.H/c1-11-9-13(18-2)15(14(10-11)19-3)16(17)20-12-7-5-4-6-8-12;;/h4-10,20H,1-3H3;;. The molecule has 1 atom stereocenters. The first-order valence-corrected chi connectivity index (χ1v) is 7.24. The van der Waals surface area contributed by atoms with Crippen LogP contribution in [0.1, 0.15) is 15.9 Å². The minimum absolute atomic E-state index is 0. The van der Waals surface area contributed by atoms with E-state index < -0.39 is 0 Å². The van der Waals surface area contributed by atoms with Gasteiger partial charge in [0.25, 0.3) is 0 Å². The molecule has 2 rings (SSSR count). The number of benzene rings is 2. The van der Waals surface area contributed by atoms with Crippen molar-refractivity contribution in [1.29, 1.82) is 0 Å². The van der Waals surface area contributed by atoms with E-state index in [1.54, 1.807) is 14.2 Å². The van der Waals surface area contributed by atoms with Crippen molar-refractivity contribution in [2.24, 2.45) is 0 Å². The Bertz CT molecular complexity index is 589. The summed E-state index contributed by atoms with van der Waals surface area (Å²) in [6.07, 6.45) is 0. The van der Waals surface area contributed by atoms with Gasteiger partial charge in [-0.25, -0.2) is 0 Å². The molecule has 0 bridgehead atoms. The Morgan fingerprint density at radius 1 is 1.00 bits per heavy atom. The number of hydrogen-bond acceptors (Lipinski definition) is 3. The maximum absolute atomic E-state index is 12.5. The van der Waals surface area contributed by atoms with Crippen LogP contribution in [0.5, 0.6) is 11.5 Å². The molecule has 0 aromatic heterocycles. The van der Waals surface area contributed by atoms with Crippen LogP contribution in [0.25, 0.3) is 0 Å². The second-order valence-corrected chi connectivity index (χ2v) is 5.65. The summed E-state index contributed by atoms with van der Waals surface area (Å²) in [6, 6.07) is 13.4. The van der Waals surface area contributed by atoms with Crippen LogP contribution in [-0.2, 0) is 0 Å². The second kappa shape index (κ2) is 8.25. The van der Waals surface area contributed by atoms with Crippen molar-refractivity contribution < 1.29 is 14.3 Å². The summed E-state index contributed by atoms with van der Waals surface area (Å²) >= 11 is 0. The molecule has 0 N–H and O–H groups in total. The van der Waals surface area contributed by atoms with Gasteiger partial charge in [-0.15, -0.1) is 0 Å². The summed E-state index contributed by atoms with van der Waals surface area (Å²) in [6.45, 7) is 1.94. The van der Waals surface area contributed by atoms with Gasteiger partial charge in [-0.1, -0.05) is 30.3 Å². The summed E-state index contributed by atoms with van der Waals surface area (Å²) in [5.74, 6) is 1.13. The summed E-state index contributed by atoms with van der Waals surface area (Å²) < 4.78 is 10.7. The summed E-state index contributed by atoms with van der Waals surface area (Å²) in [7, 11) is 3.18. The van der Waals surface area contributed by atoms with E-state index in [2.05, 4.69) is 0 Å². The van der Waals surface area contributed by atoms with E-state index in [4.69, 9.17) is 9.47 Å². The van der Waals surface area contributed by atoms with Crippen molar-refractivity contribution in [3.8, 4) is 11.5 Å². The van der Waals surface area contributed by atoms with Crippen molar-refractivity contribution in [2.75, 3.05) is 14.2 Å². The molecule has 0 aliphatic carbocycles. The van der Waals surface area contributed by atoms with Gasteiger partial charge in [-0.05, 0) is 38.5 Å². The zero-order valence-electron chi connectivity index (χ0n) is 11.8. The summed E-state index contributed by atoms with van der Waals surface area (Å²) in [4.78, 5) is 12.5. The molecule has 106 valence electrons. The molecule has 0 saturated heterocycles. The number of ether oxygens (including phenoxy) is 2.